The van der Waals surface area contributed by atoms with E-state index in [4.69, 9.17) is 11.6 Å². The van der Waals surface area contributed by atoms with E-state index in [1.54, 1.807) is 6.92 Å². The summed E-state index contributed by atoms with van der Waals surface area (Å²) in [4.78, 5) is 11.4. The van der Waals surface area contributed by atoms with Gasteiger partial charge in [0.25, 0.3) is 6.43 Å². The standard InChI is InChI=1S/C10H14ClF2N3O/c1-3-4-14-7(17)5-16-6(2)8(11)9(15-16)10(12)13/h10H,3-5H2,1-2H3,(H,14,17). The molecule has 0 unspecified atom stereocenters. The maximum absolute atomic E-state index is 12.5. The number of carbonyl (C=O) groups is 1. The van der Waals surface area contributed by atoms with E-state index in [-0.39, 0.29) is 17.5 Å². The Hall–Kier alpha value is -1.17. The van der Waals surface area contributed by atoms with Crippen LogP contribution in [0.1, 0.15) is 31.2 Å². The molecule has 0 spiro atoms. The Morgan fingerprint density at radius 2 is 2.24 bits per heavy atom. The molecule has 0 aliphatic carbocycles. The van der Waals surface area contributed by atoms with Gasteiger partial charge in [-0.05, 0) is 13.3 Å². The first-order valence-electron chi connectivity index (χ1n) is 5.25. The molecule has 1 rings (SSSR count). The zero-order valence-corrected chi connectivity index (χ0v) is 10.4. The lowest BCUT2D eigenvalue weighted by Crippen LogP contribution is -2.28. The summed E-state index contributed by atoms with van der Waals surface area (Å²) in [6, 6.07) is 0. The third-order valence-electron chi connectivity index (χ3n) is 2.23. The van der Waals surface area contributed by atoms with Gasteiger partial charge in [0.1, 0.15) is 12.2 Å². The lowest BCUT2D eigenvalue weighted by atomic mass is 10.4. The molecule has 4 nitrogen and oxygen atoms in total. The molecule has 1 heterocycles. The summed E-state index contributed by atoms with van der Waals surface area (Å²) in [5.41, 5.74) is -0.110. The fourth-order valence-corrected chi connectivity index (χ4v) is 1.52. The van der Waals surface area contributed by atoms with E-state index in [0.717, 1.165) is 6.42 Å². The largest absolute Gasteiger partial charge is 0.355 e. The fraction of sp³-hybridized carbons (Fsp3) is 0.600. The van der Waals surface area contributed by atoms with E-state index in [9.17, 15) is 13.6 Å². The van der Waals surface area contributed by atoms with Crippen LogP contribution in [0.25, 0.3) is 0 Å². The van der Waals surface area contributed by atoms with Gasteiger partial charge in [0.15, 0.2) is 0 Å². The number of halogens is 3. The van der Waals surface area contributed by atoms with E-state index >= 15 is 0 Å². The maximum atomic E-state index is 12.5. The molecular formula is C10H14ClF2N3O. The molecule has 0 aromatic carbocycles. The van der Waals surface area contributed by atoms with E-state index in [0.29, 0.717) is 12.2 Å². The highest BCUT2D eigenvalue weighted by Gasteiger charge is 2.21. The number of aromatic nitrogens is 2. The average Bonchev–Trinajstić information content (AvgIpc) is 2.55. The number of nitrogens with one attached hydrogen (secondary N) is 1. The lowest BCUT2D eigenvalue weighted by Gasteiger charge is -2.05. The summed E-state index contributed by atoms with van der Waals surface area (Å²) in [5, 5.41) is 6.19. The van der Waals surface area contributed by atoms with Gasteiger partial charge in [-0.1, -0.05) is 18.5 Å². The minimum absolute atomic E-state index is 0.0803. The molecule has 1 aromatic rings. The van der Waals surface area contributed by atoms with Gasteiger partial charge in [-0.25, -0.2) is 8.78 Å². The SMILES string of the molecule is CCCNC(=O)Cn1nc(C(F)F)c(Cl)c1C. The molecule has 7 heteroatoms. The van der Waals surface area contributed by atoms with Crippen molar-refractivity contribution >= 4 is 17.5 Å². The predicted octanol–water partition coefficient (Wildman–Crippen LogP) is 2.31. The molecule has 0 saturated carbocycles. The topological polar surface area (TPSA) is 46.9 Å². The van der Waals surface area contributed by atoms with Crippen molar-refractivity contribution in [2.45, 2.75) is 33.2 Å². The maximum Gasteiger partial charge on any atom is 0.283 e. The summed E-state index contributed by atoms with van der Waals surface area (Å²) in [7, 11) is 0. The second kappa shape index (κ2) is 5.95. The van der Waals surface area contributed by atoms with Crippen molar-refractivity contribution in [3.05, 3.63) is 16.4 Å². The summed E-state index contributed by atoms with van der Waals surface area (Å²) in [5.74, 6) is -0.269. The third-order valence-corrected chi connectivity index (χ3v) is 2.70. The van der Waals surface area contributed by atoms with Gasteiger partial charge in [-0.2, -0.15) is 5.10 Å². The molecule has 1 aromatic heterocycles. The van der Waals surface area contributed by atoms with Crippen molar-refractivity contribution in [2.75, 3.05) is 6.54 Å². The molecule has 0 fully saturated rings. The first kappa shape index (κ1) is 13.9. The highest BCUT2D eigenvalue weighted by molar-refractivity contribution is 6.31. The third kappa shape index (κ3) is 3.39. The first-order valence-corrected chi connectivity index (χ1v) is 5.62. The Bertz CT molecular complexity index is 407. The second-order valence-corrected chi connectivity index (χ2v) is 3.97. The normalized spacial score (nSPS) is 10.9. The Labute approximate surface area is 103 Å². The van der Waals surface area contributed by atoms with Gasteiger partial charge in [0.05, 0.1) is 10.7 Å². The van der Waals surface area contributed by atoms with Crippen LogP contribution < -0.4 is 5.32 Å². The van der Waals surface area contributed by atoms with E-state index in [1.165, 1.54) is 4.68 Å². The molecule has 0 atom stereocenters. The summed E-state index contributed by atoms with van der Waals surface area (Å²) < 4.78 is 26.2. The number of carbonyl (C=O) groups excluding carboxylic acids is 1. The molecule has 0 aliphatic heterocycles. The van der Waals surface area contributed by atoms with Crippen LogP contribution in [0.4, 0.5) is 8.78 Å². The van der Waals surface area contributed by atoms with Crippen molar-refractivity contribution in [1.82, 2.24) is 15.1 Å². The smallest absolute Gasteiger partial charge is 0.283 e. The quantitative estimate of drug-likeness (QED) is 0.888. The van der Waals surface area contributed by atoms with Gasteiger partial charge in [0, 0.05) is 6.54 Å². The fourth-order valence-electron chi connectivity index (χ4n) is 1.30. The van der Waals surface area contributed by atoms with Crippen LogP contribution in [0, 0.1) is 6.92 Å². The second-order valence-electron chi connectivity index (χ2n) is 3.59. The number of hydrogen-bond donors (Lipinski definition) is 1. The summed E-state index contributed by atoms with van der Waals surface area (Å²) in [6.45, 7) is 3.92. The number of alkyl halides is 2. The zero-order valence-electron chi connectivity index (χ0n) is 9.64. The van der Waals surface area contributed by atoms with Gasteiger partial charge in [-0.3, -0.25) is 9.48 Å². The van der Waals surface area contributed by atoms with Crippen molar-refractivity contribution in [2.24, 2.45) is 0 Å². The Morgan fingerprint density at radius 3 is 2.71 bits per heavy atom. The van der Waals surface area contributed by atoms with Crippen LogP contribution in [0.2, 0.25) is 5.02 Å². The summed E-state index contributed by atoms with van der Waals surface area (Å²) >= 11 is 5.70. The molecule has 17 heavy (non-hydrogen) atoms. The Kier molecular flexibility index (Phi) is 4.86. The molecular weight excluding hydrogens is 252 g/mol. The average molecular weight is 266 g/mol. The minimum atomic E-state index is -2.74. The molecule has 1 amide bonds. The molecule has 0 bridgehead atoms. The summed E-state index contributed by atoms with van der Waals surface area (Å²) in [6.07, 6.45) is -1.92. The molecule has 0 radical (unpaired) electrons. The van der Waals surface area contributed by atoms with Crippen LogP contribution in [-0.4, -0.2) is 22.2 Å². The first-order chi connectivity index (χ1) is 7.97. The van der Waals surface area contributed by atoms with Crippen molar-refractivity contribution < 1.29 is 13.6 Å². The lowest BCUT2D eigenvalue weighted by molar-refractivity contribution is -0.121. The van der Waals surface area contributed by atoms with E-state index in [1.807, 2.05) is 6.92 Å². The van der Waals surface area contributed by atoms with Gasteiger partial charge >= 0.3 is 0 Å². The molecule has 0 saturated heterocycles. The van der Waals surface area contributed by atoms with Crippen LogP contribution in [0.5, 0.6) is 0 Å². The molecule has 0 aliphatic rings. The predicted molar refractivity (Wildman–Crippen MR) is 60.2 cm³/mol. The number of rotatable bonds is 5. The Balaban J connectivity index is 2.78. The van der Waals surface area contributed by atoms with Gasteiger partial charge < -0.3 is 5.32 Å². The van der Waals surface area contributed by atoms with Gasteiger partial charge in [-0.15, -0.1) is 0 Å². The van der Waals surface area contributed by atoms with Crippen LogP contribution in [0.15, 0.2) is 0 Å². The Morgan fingerprint density at radius 1 is 1.59 bits per heavy atom. The van der Waals surface area contributed by atoms with Crippen LogP contribution in [0.3, 0.4) is 0 Å². The number of amides is 1. The van der Waals surface area contributed by atoms with Crippen LogP contribution >= 0.6 is 11.6 Å². The highest BCUT2D eigenvalue weighted by Crippen LogP contribution is 2.28. The van der Waals surface area contributed by atoms with Crippen molar-refractivity contribution in [3.8, 4) is 0 Å². The van der Waals surface area contributed by atoms with Crippen molar-refractivity contribution in [1.29, 1.82) is 0 Å². The molecule has 1 N–H and O–H groups in total. The highest BCUT2D eigenvalue weighted by atomic mass is 35.5. The molecule has 96 valence electrons. The number of nitrogens with zero attached hydrogens (tertiary/aromatic N) is 2. The van der Waals surface area contributed by atoms with E-state index in [2.05, 4.69) is 10.4 Å². The minimum Gasteiger partial charge on any atom is -0.355 e. The number of hydrogen-bond acceptors (Lipinski definition) is 2. The monoisotopic (exact) mass is 265 g/mol. The van der Waals surface area contributed by atoms with E-state index < -0.39 is 12.1 Å². The van der Waals surface area contributed by atoms with Gasteiger partial charge in [0.2, 0.25) is 5.91 Å². The zero-order chi connectivity index (χ0) is 13.0. The van der Waals surface area contributed by atoms with Crippen LogP contribution in [-0.2, 0) is 11.3 Å². The van der Waals surface area contributed by atoms with Crippen molar-refractivity contribution in [3.63, 3.8) is 0 Å².